The van der Waals surface area contributed by atoms with Gasteiger partial charge < -0.3 is 5.73 Å². The van der Waals surface area contributed by atoms with Crippen LogP contribution in [0.25, 0.3) is 0 Å². The Kier molecular flexibility index (Phi) is 3.51. The zero-order valence-electron chi connectivity index (χ0n) is 7.67. The maximum atomic E-state index is 13.6. The van der Waals surface area contributed by atoms with Crippen LogP contribution in [0.4, 0.5) is 10.1 Å². The standard InChI is InChI=1S/C9H9Cl3FN/c1-3(2)4-5(10)6(11)7(12)9(14)8(4)13/h3H,14H2,1-2H3. The summed E-state index contributed by atoms with van der Waals surface area (Å²) < 4.78 is 13.6. The van der Waals surface area contributed by atoms with Crippen LogP contribution in [0.3, 0.4) is 0 Å². The van der Waals surface area contributed by atoms with Crippen LogP contribution in [0.1, 0.15) is 25.3 Å². The van der Waals surface area contributed by atoms with Gasteiger partial charge >= 0.3 is 0 Å². The summed E-state index contributed by atoms with van der Waals surface area (Å²) >= 11 is 17.3. The molecule has 0 bridgehead atoms. The minimum absolute atomic E-state index is 0.0291. The third-order valence-electron chi connectivity index (χ3n) is 1.91. The van der Waals surface area contributed by atoms with Gasteiger partial charge in [0.2, 0.25) is 0 Å². The van der Waals surface area contributed by atoms with Crippen molar-refractivity contribution in [2.75, 3.05) is 5.73 Å². The lowest BCUT2D eigenvalue weighted by atomic mass is 10.0. The minimum Gasteiger partial charge on any atom is -0.395 e. The molecule has 0 aliphatic carbocycles. The van der Waals surface area contributed by atoms with Crippen molar-refractivity contribution >= 4 is 40.5 Å². The highest BCUT2D eigenvalue weighted by Crippen LogP contribution is 2.42. The summed E-state index contributed by atoms with van der Waals surface area (Å²) in [5, 5.41) is 0.216. The second-order valence-electron chi connectivity index (χ2n) is 3.24. The summed E-state index contributed by atoms with van der Waals surface area (Å²) in [4.78, 5) is 0. The van der Waals surface area contributed by atoms with Crippen LogP contribution < -0.4 is 5.73 Å². The molecule has 0 saturated carbocycles. The number of nitrogen functional groups attached to an aromatic ring is 1. The lowest BCUT2D eigenvalue weighted by molar-refractivity contribution is 0.603. The van der Waals surface area contributed by atoms with Gasteiger partial charge in [-0.3, -0.25) is 0 Å². The molecule has 0 saturated heterocycles. The van der Waals surface area contributed by atoms with Gasteiger partial charge in [0.05, 0.1) is 20.8 Å². The van der Waals surface area contributed by atoms with Gasteiger partial charge in [0.1, 0.15) is 0 Å². The van der Waals surface area contributed by atoms with Crippen LogP contribution in [0, 0.1) is 5.82 Å². The summed E-state index contributed by atoms with van der Waals surface area (Å²) in [6.07, 6.45) is 0. The van der Waals surface area contributed by atoms with E-state index in [9.17, 15) is 4.39 Å². The van der Waals surface area contributed by atoms with Gasteiger partial charge in [0.25, 0.3) is 0 Å². The molecule has 2 N–H and O–H groups in total. The van der Waals surface area contributed by atoms with E-state index in [-0.39, 0.29) is 26.7 Å². The second kappa shape index (κ2) is 4.13. The summed E-state index contributed by atoms with van der Waals surface area (Å²) in [5.41, 5.74) is 5.60. The SMILES string of the molecule is CC(C)c1c(F)c(N)c(Cl)c(Cl)c1Cl. The molecule has 0 aliphatic heterocycles. The lowest BCUT2D eigenvalue weighted by Crippen LogP contribution is -2.02. The average molecular weight is 257 g/mol. The molecule has 0 atom stereocenters. The number of nitrogens with two attached hydrogens (primary N) is 1. The Morgan fingerprint density at radius 1 is 1.07 bits per heavy atom. The number of anilines is 1. The molecule has 78 valence electrons. The minimum atomic E-state index is -0.584. The van der Waals surface area contributed by atoms with Gasteiger partial charge in [0.15, 0.2) is 5.82 Å². The molecule has 0 aromatic heterocycles. The fourth-order valence-electron chi connectivity index (χ4n) is 1.18. The Bertz CT molecular complexity index is 348. The number of halogens is 4. The van der Waals surface area contributed by atoms with Crippen LogP contribution in [0.15, 0.2) is 0 Å². The molecule has 0 amide bonds. The smallest absolute Gasteiger partial charge is 0.152 e. The van der Waals surface area contributed by atoms with Crippen molar-refractivity contribution in [1.29, 1.82) is 0 Å². The van der Waals surface area contributed by atoms with Crippen LogP contribution in [-0.4, -0.2) is 0 Å². The van der Waals surface area contributed by atoms with E-state index in [4.69, 9.17) is 40.5 Å². The summed E-state index contributed by atoms with van der Waals surface area (Å²) in [6.45, 7) is 3.60. The van der Waals surface area contributed by atoms with E-state index in [1.165, 1.54) is 0 Å². The number of benzene rings is 1. The molecule has 5 heteroatoms. The Morgan fingerprint density at radius 2 is 1.57 bits per heavy atom. The van der Waals surface area contributed by atoms with Crippen molar-refractivity contribution < 1.29 is 4.39 Å². The largest absolute Gasteiger partial charge is 0.395 e. The van der Waals surface area contributed by atoms with Crippen LogP contribution in [-0.2, 0) is 0 Å². The maximum absolute atomic E-state index is 13.6. The van der Waals surface area contributed by atoms with E-state index in [0.717, 1.165) is 0 Å². The van der Waals surface area contributed by atoms with Gasteiger partial charge in [-0.2, -0.15) is 0 Å². The summed E-state index contributed by atoms with van der Waals surface area (Å²) in [6, 6.07) is 0. The van der Waals surface area contributed by atoms with Gasteiger partial charge in [-0.1, -0.05) is 48.7 Å². The zero-order valence-corrected chi connectivity index (χ0v) is 9.93. The van der Waals surface area contributed by atoms with E-state index in [1.807, 2.05) is 0 Å². The van der Waals surface area contributed by atoms with Crippen LogP contribution in [0.5, 0.6) is 0 Å². The van der Waals surface area contributed by atoms with Crippen LogP contribution in [0.2, 0.25) is 15.1 Å². The molecule has 0 unspecified atom stereocenters. The lowest BCUT2D eigenvalue weighted by Gasteiger charge is -2.14. The first kappa shape index (κ1) is 11.9. The molecule has 0 fully saturated rings. The molecule has 0 spiro atoms. The molecular formula is C9H9Cl3FN. The van der Waals surface area contributed by atoms with Crippen molar-refractivity contribution in [3.63, 3.8) is 0 Å². The number of hydrogen-bond donors (Lipinski definition) is 1. The highest BCUT2D eigenvalue weighted by Gasteiger charge is 2.21. The molecule has 1 aromatic rings. The van der Waals surface area contributed by atoms with E-state index in [1.54, 1.807) is 13.8 Å². The molecule has 1 rings (SSSR count). The topological polar surface area (TPSA) is 26.0 Å². The number of hydrogen-bond acceptors (Lipinski definition) is 1. The van der Waals surface area contributed by atoms with Gasteiger partial charge in [-0.15, -0.1) is 0 Å². The van der Waals surface area contributed by atoms with Crippen molar-refractivity contribution in [3.8, 4) is 0 Å². The first-order valence-electron chi connectivity index (χ1n) is 3.99. The normalized spacial score (nSPS) is 11.1. The van der Waals surface area contributed by atoms with Crippen molar-refractivity contribution in [2.45, 2.75) is 19.8 Å². The van der Waals surface area contributed by atoms with Crippen molar-refractivity contribution in [1.82, 2.24) is 0 Å². The monoisotopic (exact) mass is 255 g/mol. The van der Waals surface area contributed by atoms with Gasteiger partial charge in [-0.25, -0.2) is 4.39 Å². The Balaban J connectivity index is 3.60. The van der Waals surface area contributed by atoms with Crippen molar-refractivity contribution in [3.05, 3.63) is 26.4 Å². The predicted molar refractivity (Wildman–Crippen MR) is 59.9 cm³/mol. The highest BCUT2D eigenvalue weighted by molar-refractivity contribution is 6.49. The molecule has 0 aliphatic rings. The average Bonchev–Trinajstić information content (AvgIpc) is 2.11. The van der Waals surface area contributed by atoms with E-state index in [0.29, 0.717) is 5.56 Å². The molecule has 0 heterocycles. The third-order valence-corrected chi connectivity index (χ3v) is 3.27. The van der Waals surface area contributed by atoms with Gasteiger partial charge in [-0.05, 0) is 5.92 Å². The quantitative estimate of drug-likeness (QED) is 0.447. The van der Waals surface area contributed by atoms with E-state index in [2.05, 4.69) is 0 Å². The molecular weight excluding hydrogens is 247 g/mol. The Hall–Kier alpha value is -0.180. The molecule has 0 radical (unpaired) electrons. The van der Waals surface area contributed by atoms with Crippen LogP contribution >= 0.6 is 34.8 Å². The Labute approximate surface area is 96.9 Å². The zero-order chi connectivity index (χ0) is 11.0. The molecule has 1 aromatic carbocycles. The van der Waals surface area contributed by atoms with E-state index >= 15 is 0 Å². The number of rotatable bonds is 1. The maximum Gasteiger partial charge on any atom is 0.152 e. The molecule has 1 nitrogen and oxygen atoms in total. The van der Waals surface area contributed by atoms with Crippen molar-refractivity contribution in [2.24, 2.45) is 0 Å². The fraction of sp³-hybridized carbons (Fsp3) is 0.333. The molecule has 14 heavy (non-hydrogen) atoms. The first-order chi connectivity index (χ1) is 6.37. The Morgan fingerprint density at radius 3 is 2.00 bits per heavy atom. The second-order valence-corrected chi connectivity index (χ2v) is 4.37. The van der Waals surface area contributed by atoms with E-state index < -0.39 is 5.82 Å². The summed E-state index contributed by atoms with van der Waals surface area (Å²) in [7, 11) is 0. The van der Waals surface area contributed by atoms with Gasteiger partial charge in [0, 0.05) is 5.56 Å². The third kappa shape index (κ3) is 1.79. The fourth-order valence-corrected chi connectivity index (χ4v) is 2.00. The highest BCUT2D eigenvalue weighted by atomic mass is 35.5. The first-order valence-corrected chi connectivity index (χ1v) is 5.12. The summed E-state index contributed by atoms with van der Waals surface area (Å²) in [5.74, 6) is -0.682. The predicted octanol–water partition coefficient (Wildman–Crippen LogP) is 4.49.